The first-order chi connectivity index (χ1) is 10.5. The highest BCUT2D eigenvalue weighted by Gasteiger charge is 2.30. The number of rotatable bonds is 6. The minimum atomic E-state index is -1.01. The first kappa shape index (κ1) is 15.6. The predicted octanol–water partition coefficient (Wildman–Crippen LogP) is 4.57. The summed E-state index contributed by atoms with van der Waals surface area (Å²) < 4.78 is 0. The molecule has 2 rings (SSSR count). The van der Waals surface area contributed by atoms with Crippen LogP contribution in [-0.4, -0.2) is 17.0 Å². The van der Waals surface area contributed by atoms with Gasteiger partial charge in [-0.1, -0.05) is 18.2 Å². The molecular weight excluding hydrogens is 280 g/mol. The third-order valence-corrected chi connectivity index (χ3v) is 3.12. The van der Waals surface area contributed by atoms with Crippen molar-refractivity contribution in [2.75, 3.05) is 11.9 Å². The molecule has 114 valence electrons. The van der Waals surface area contributed by atoms with Crippen LogP contribution in [0.3, 0.4) is 0 Å². The molecule has 0 fully saturated rings. The second-order valence-electron chi connectivity index (χ2n) is 5.51. The SMILES string of the molecule is CC(C)(CNc1ccc(N=Nc2ccccc2)cc1)[N+](=O)[O-]. The summed E-state index contributed by atoms with van der Waals surface area (Å²) in [5.41, 5.74) is 1.32. The van der Waals surface area contributed by atoms with E-state index in [2.05, 4.69) is 15.5 Å². The summed E-state index contributed by atoms with van der Waals surface area (Å²) in [6, 6.07) is 16.8. The Morgan fingerprint density at radius 3 is 2.09 bits per heavy atom. The fourth-order valence-corrected chi connectivity index (χ4v) is 1.64. The van der Waals surface area contributed by atoms with E-state index in [0.29, 0.717) is 0 Å². The van der Waals surface area contributed by atoms with Gasteiger partial charge in [-0.25, -0.2) is 0 Å². The van der Waals surface area contributed by atoms with E-state index < -0.39 is 5.54 Å². The lowest BCUT2D eigenvalue weighted by atomic mass is 10.1. The lowest BCUT2D eigenvalue weighted by Crippen LogP contribution is -2.38. The summed E-state index contributed by atoms with van der Waals surface area (Å²) >= 11 is 0. The quantitative estimate of drug-likeness (QED) is 0.482. The van der Waals surface area contributed by atoms with Gasteiger partial charge < -0.3 is 5.32 Å². The predicted molar refractivity (Wildman–Crippen MR) is 86.6 cm³/mol. The van der Waals surface area contributed by atoms with Crippen molar-refractivity contribution in [3.63, 3.8) is 0 Å². The molecule has 0 unspecified atom stereocenters. The van der Waals surface area contributed by atoms with Crippen LogP contribution in [0.15, 0.2) is 64.8 Å². The van der Waals surface area contributed by atoms with Gasteiger partial charge in [-0.2, -0.15) is 10.2 Å². The van der Waals surface area contributed by atoms with Crippen LogP contribution >= 0.6 is 0 Å². The van der Waals surface area contributed by atoms with Crippen LogP contribution < -0.4 is 5.32 Å². The molecule has 0 amide bonds. The standard InChI is InChI=1S/C16H18N4O2/c1-16(2,20(21)22)12-17-13-8-10-15(11-9-13)19-18-14-6-4-3-5-7-14/h3-11,17H,12H2,1-2H3. The van der Waals surface area contributed by atoms with Gasteiger partial charge in [-0.15, -0.1) is 0 Å². The fraction of sp³-hybridized carbons (Fsp3) is 0.250. The van der Waals surface area contributed by atoms with Gasteiger partial charge in [0.1, 0.15) is 0 Å². The molecule has 0 heterocycles. The third-order valence-electron chi connectivity index (χ3n) is 3.12. The maximum Gasteiger partial charge on any atom is 0.233 e. The minimum absolute atomic E-state index is 0.255. The summed E-state index contributed by atoms with van der Waals surface area (Å²) in [6.45, 7) is 3.43. The Hall–Kier alpha value is -2.76. The zero-order valence-electron chi connectivity index (χ0n) is 12.6. The van der Waals surface area contributed by atoms with Gasteiger partial charge in [0.2, 0.25) is 5.54 Å². The van der Waals surface area contributed by atoms with Crippen molar-refractivity contribution in [3.8, 4) is 0 Å². The van der Waals surface area contributed by atoms with E-state index in [-0.39, 0.29) is 11.5 Å². The molecule has 2 aromatic carbocycles. The maximum atomic E-state index is 10.9. The van der Waals surface area contributed by atoms with E-state index >= 15 is 0 Å². The van der Waals surface area contributed by atoms with Crippen molar-refractivity contribution in [2.45, 2.75) is 19.4 Å². The molecule has 0 aromatic heterocycles. The molecular formula is C16H18N4O2. The van der Waals surface area contributed by atoms with Crippen LogP contribution in [0.4, 0.5) is 17.1 Å². The largest absolute Gasteiger partial charge is 0.378 e. The number of nitrogens with one attached hydrogen (secondary N) is 1. The van der Waals surface area contributed by atoms with E-state index in [4.69, 9.17) is 0 Å². The Morgan fingerprint density at radius 2 is 1.55 bits per heavy atom. The highest BCUT2D eigenvalue weighted by Crippen LogP contribution is 2.20. The molecule has 6 nitrogen and oxygen atoms in total. The van der Waals surface area contributed by atoms with Gasteiger partial charge in [0.25, 0.3) is 0 Å². The van der Waals surface area contributed by atoms with Crippen molar-refractivity contribution in [1.29, 1.82) is 0 Å². The van der Waals surface area contributed by atoms with Gasteiger partial charge >= 0.3 is 0 Å². The summed E-state index contributed by atoms with van der Waals surface area (Å²) in [5, 5.41) is 22.2. The van der Waals surface area contributed by atoms with Crippen molar-refractivity contribution in [1.82, 2.24) is 0 Å². The summed E-state index contributed by atoms with van der Waals surface area (Å²) in [4.78, 5) is 10.6. The molecule has 1 N–H and O–H groups in total. The Balaban J connectivity index is 1.96. The molecule has 0 saturated carbocycles. The lowest BCUT2D eigenvalue weighted by Gasteiger charge is -2.16. The maximum absolute atomic E-state index is 10.9. The summed E-state index contributed by atoms with van der Waals surface area (Å²) in [7, 11) is 0. The topological polar surface area (TPSA) is 79.9 Å². The van der Waals surface area contributed by atoms with E-state index in [9.17, 15) is 10.1 Å². The number of hydrogen-bond donors (Lipinski definition) is 1. The number of hydrogen-bond acceptors (Lipinski definition) is 5. The van der Waals surface area contributed by atoms with Crippen LogP contribution in [0.2, 0.25) is 0 Å². The molecule has 0 bridgehead atoms. The molecule has 6 heteroatoms. The van der Waals surface area contributed by atoms with Crippen LogP contribution in [0.1, 0.15) is 13.8 Å². The highest BCUT2D eigenvalue weighted by atomic mass is 16.6. The van der Waals surface area contributed by atoms with Crippen molar-refractivity contribution < 1.29 is 4.92 Å². The first-order valence-electron chi connectivity index (χ1n) is 6.93. The van der Waals surface area contributed by atoms with Crippen LogP contribution in [0.25, 0.3) is 0 Å². The van der Waals surface area contributed by atoms with E-state index in [0.717, 1.165) is 17.1 Å². The molecule has 0 aliphatic rings. The number of nitrogens with zero attached hydrogens (tertiary/aromatic N) is 3. The molecule has 0 radical (unpaired) electrons. The monoisotopic (exact) mass is 298 g/mol. The van der Waals surface area contributed by atoms with Crippen molar-refractivity contribution >= 4 is 17.1 Å². The molecule has 0 aliphatic carbocycles. The average Bonchev–Trinajstić information content (AvgIpc) is 2.53. The Bertz CT molecular complexity index is 652. The Morgan fingerprint density at radius 1 is 1.00 bits per heavy atom. The first-order valence-corrected chi connectivity index (χ1v) is 6.93. The third kappa shape index (κ3) is 4.37. The average molecular weight is 298 g/mol. The lowest BCUT2D eigenvalue weighted by molar-refractivity contribution is -0.556. The number of nitro groups is 1. The number of benzene rings is 2. The van der Waals surface area contributed by atoms with Crippen LogP contribution in [0.5, 0.6) is 0 Å². The van der Waals surface area contributed by atoms with E-state index in [1.165, 1.54) is 0 Å². The van der Waals surface area contributed by atoms with Gasteiger partial charge in [0, 0.05) is 24.5 Å². The van der Waals surface area contributed by atoms with Crippen LogP contribution in [-0.2, 0) is 0 Å². The van der Waals surface area contributed by atoms with Gasteiger partial charge in [-0.05, 0) is 36.4 Å². The Kier molecular flexibility index (Phi) is 4.83. The summed E-state index contributed by atoms with van der Waals surface area (Å²) in [5.74, 6) is 0. The summed E-state index contributed by atoms with van der Waals surface area (Å²) in [6.07, 6.45) is 0. The van der Waals surface area contributed by atoms with Gasteiger partial charge in [0.05, 0.1) is 17.9 Å². The second-order valence-corrected chi connectivity index (χ2v) is 5.51. The Labute approximate surface area is 129 Å². The van der Waals surface area contributed by atoms with E-state index in [1.807, 2.05) is 54.6 Å². The van der Waals surface area contributed by atoms with Gasteiger partial charge in [-0.3, -0.25) is 10.1 Å². The molecule has 0 atom stereocenters. The molecule has 2 aromatic rings. The molecule has 0 aliphatic heterocycles. The smallest absolute Gasteiger partial charge is 0.233 e. The zero-order valence-corrected chi connectivity index (χ0v) is 12.6. The van der Waals surface area contributed by atoms with Crippen LogP contribution in [0, 0.1) is 10.1 Å². The highest BCUT2D eigenvalue weighted by molar-refractivity contribution is 5.51. The molecule has 0 spiro atoms. The second kappa shape index (κ2) is 6.80. The normalized spacial score (nSPS) is 11.5. The minimum Gasteiger partial charge on any atom is -0.378 e. The van der Waals surface area contributed by atoms with E-state index in [1.54, 1.807) is 13.8 Å². The molecule has 22 heavy (non-hydrogen) atoms. The fourth-order valence-electron chi connectivity index (χ4n) is 1.64. The number of azo groups is 1. The molecule has 0 saturated heterocycles. The van der Waals surface area contributed by atoms with Crippen molar-refractivity contribution in [3.05, 3.63) is 64.7 Å². The number of anilines is 1. The van der Waals surface area contributed by atoms with Gasteiger partial charge in [0.15, 0.2) is 0 Å². The zero-order chi connectivity index (χ0) is 16.0. The van der Waals surface area contributed by atoms with Crippen molar-refractivity contribution in [2.24, 2.45) is 10.2 Å².